The number of carbonyl (C=O) groups is 1. The van der Waals surface area contributed by atoms with Gasteiger partial charge in [-0.1, -0.05) is 6.08 Å². The van der Waals surface area contributed by atoms with Gasteiger partial charge in [0.25, 0.3) is 0 Å². The maximum atomic E-state index is 12.7. The zero-order chi connectivity index (χ0) is 13.5. The van der Waals surface area contributed by atoms with Crippen molar-refractivity contribution < 1.29 is 14.3 Å². The molecule has 0 saturated carbocycles. The van der Waals surface area contributed by atoms with Crippen LogP contribution in [0.2, 0.25) is 0 Å². The Bertz CT molecular complexity index is 330. The van der Waals surface area contributed by atoms with Crippen molar-refractivity contribution in [3.63, 3.8) is 0 Å². The number of aliphatic carboxylic acids is 1. The van der Waals surface area contributed by atoms with Crippen LogP contribution in [-0.4, -0.2) is 35.7 Å². The molecule has 0 bridgehead atoms. The third-order valence-electron chi connectivity index (χ3n) is 2.18. The molecule has 19 heavy (non-hydrogen) atoms. The van der Waals surface area contributed by atoms with Gasteiger partial charge < -0.3 is 16.6 Å². The summed E-state index contributed by atoms with van der Waals surface area (Å²) >= 11 is 0. The van der Waals surface area contributed by atoms with E-state index in [2.05, 4.69) is 4.99 Å². The molecule has 0 rings (SSSR count). The molecule has 1 atom stereocenters. The summed E-state index contributed by atoms with van der Waals surface area (Å²) in [4.78, 5) is 14.7. The number of nitrogens with zero attached hydrogens (tertiary/aromatic N) is 1. The van der Waals surface area contributed by atoms with Gasteiger partial charge in [-0.3, -0.25) is 9.79 Å². The normalized spacial score (nSPS) is 14.9. The summed E-state index contributed by atoms with van der Waals surface area (Å²) in [6.07, 6.45) is 2.13. The first-order valence-corrected chi connectivity index (χ1v) is 5.32. The molecule has 0 aromatic heterocycles. The highest BCUT2D eigenvalue weighted by Crippen LogP contribution is 2.15. The lowest BCUT2D eigenvalue weighted by Crippen LogP contribution is -2.45. The molecule has 0 spiro atoms. The third-order valence-corrected chi connectivity index (χ3v) is 2.18. The standard InChI is InChI=1S/C11H20FN3O2.2ClH/c1-8(13)15-5-3-4-9(7-12)6-11(2,14)10(16)17;;/h4H,3,5-7,14H2,1-2H3,(H2,13,15)(H,16,17);2*1H/b9-4-;;/t11-;;/m0../s1. The summed E-state index contributed by atoms with van der Waals surface area (Å²) in [5.41, 5.74) is 9.81. The summed E-state index contributed by atoms with van der Waals surface area (Å²) < 4.78 is 12.7. The molecule has 0 radical (unpaired) electrons. The molecule has 0 aliphatic rings. The number of halogens is 3. The van der Waals surface area contributed by atoms with Crippen molar-refractivity contribution in [2.24, 2.45) is 16.5 Å². The van der Waals surface area contributed by atoms with Gasteiger partial charge in [0.05, 0.1) is 5.84 Å². The van der Waals surface area contributed by atoms with Crippen molar-refractivity contribution >= 4 is 36.6 Å². The second-order valence-electron chi connectivity index (χ2n) is 4.21. The fourth-order valence-corrected chi connectivity index (χ4v) is 1.23. The number of hydrogen-bond acceptors (Lipinski definition) is 3. The van der Waals surface area contributed by atoms with E-state index in [0.717, 1.165) is 0 Å². The fourth-order valence-electron chi connectivity index (χ4n) is 1.23. The van der Waals surface area contributed by atoms with Crippen LogP contribution in [0, 0.1) is 0 Å². The average molecular weight is 318 g/mol. The van der Waals surface area contributed by atoms with Crippen molar-refractivity contribution in [1.29, 1.82) is 0 Å². The van der Waals surface area contributed by atoms with E-state index in [4.69, 9.17) is 16.6 Å². The van der Waals surface area contributed by atoms with Crippen LogP contribution in [0.1, 0.15) is 26.7 Å². The van der Waals surface area contributed by atoms with Crippen LogP contribution in [0.3, 0.4) is 0 Å². The Hall–Kier alpha value is -0.850. The average Bonchev–Trinajstić information content (AvgIpc) is 2.21. The molecule has 0 aromatic carbocycles. The van der Waals surface area contributed by atoms with Gasteiger partial charge in [0.1, 0.15) is 12.2 Å². The molecule has 0 aliphatic carbocycles. The van der Waals surface area contributed by atoms with Gasteiger partial charge in [-0.05, 0) is 32.3 Å². The molecule has 0 heterocycles. The largest absolute Gasteiger partial charge is 0.480 e. The van der Waals surface area contributed by atoms with Gasteiger partial charge in [0.15, 0.2) is 0 Å². The lowest BCUT2D eigenvalue weighted by molar-refractivity contribution is -0.142. The van der Waals surface area contributed by atoms with Crippen LogP contribution in [0.5, 0.6) is 0 Å². The number of hydrogen-bond donors (Lipinski definition) is 3. The van der Waals surface area contributed by atoms with E-state index in [1.54, 1.807) is 13.0 Å². The minimum atomic E-state index is -1.44. The fraction of sp³-hybridized carbons (Fsp3) is 0.636. The quantitative estimate of drug-likeness (QED) is 0.288. The molecule has 5 N–H and O–H groups in total. The van der Waals surface area contributed by atoms with Crippen LogP contribution in [-0.2, 0) is 4.79 Å². The van der Waals surface area contributed by atoms with E-state index < -0.39 is 18.2 Å². The van der Waals surface area contributed by atoms with E-state index in [1.807, 2.05) is 0 Å². The first kappa shape index (κ1) is 23.3. The van der Waals surface area contributed by atoms with E-state index in [-0.39, 0.29) is 31.2 Å². The van der Waals surface area contributed by atoms with Gasteiger partial charge in [0.2, 0.25) is 0 Å². The van der Waals surface area contributed by atoms with Crippen molar-refractivity contribution in [3.8, 4) is 0 Å². The first-order valence-electron chi connectivity index (χ1n) is 5.32. The molecule has 0 aromatic rings. The number of aliphatic imine (C=N–C) groups is 1. The maximum absolute atomic E-state index is 12.7. The monoisotopic (exact) mass is 317 g/mol. The number of rotatable bonds is 7. The molecular weight excluding hydrogens is 296 g/mol. The second kappa shape index (κ2) is 11.0. The van der Waals surface area contributed by atoms with Gasteiger partial charge in [-0.2, -0.15) is 0 Å². The Morgan fingerprint density at radius 1 is 1.47 bits per heavy atom. The van der Waals surface area contributed by atoms with Gasteiger partial charge >= 0.3 is 5.97 Å². The van der Waals surface area contributed by atoms with E-state index in [9.17, 15) is 9.18 Å². The lowest BCUT2D eigenvalue weighted by atomic mass is 9.94. The van der Waals surface area contributed by atoms with E-state index in [1.165, 1.54) is 6.92 Å². The highest BCUT2D eigenvalue weighted by atomic mass is 35.5. The Labute approximate surface area is 125 Å². The van der Waals surface area contributed by atoms with Gasteiger partial charge in [0, 0.05) is 6.54 Å². The SMILES string of the molecule is CC(N)=NCC/C=C(\CF)C[C@](C)(N)C(=O)O.Cl.Cl. The van der Waals surface area contributed by atoms with Gasteiger partial charge in [-0.25, -0.2) is 4.39 Å². The second-order valence-corrected chi connectivity index (χ2v) is 4.21. The minimum absolute atomic E-state index is 0. The van der Waals surface area contributed by atoms with Gasteiger partial charge in [-0.15, -0.1) is 24.8 Å². The molecule has 5 nitrogen and oxygen atoms in total. The predicted molar refractivity (Wildman–Crippen MR) is 80.2 cm³/mol. The molecule has 0 fully saturated rings. The molecule has 8 heteroatoms. The molecule has 0 amide bonds. The van der Waals surface area contributed by atoms with Crippen molar-refractivity contribution in [1.82, 2.24) is 0 Å². The van der Waals surface area contributed by atoms with Crippen LogP contribution in [0.4, 0.5) is 4.39 Å². The number of amidine groups is 1. The number of carboxylic acid groups (broad SMARTS) is 1. The van der Waals surface area contributed by atoms with Crippen LogP contribution >= 0.6 is 24.8 Å². The summed E-state index contributed by atoms with van der Waals surface area (Å²) in [6, 6.07) is 0. The Kier molecular flexibility index (Phi) is 13.5. The Morgan fingerprint density at radius 2 is 2.00 bits per heavy atom. The molecule has 0 aliphatic heterocycles. The maximum Gasteiger partial charge on any atom is 0.323 e. The highest BCUT2D eigenvalue weighted by Gasteiger charge is 2.28. The summed E-state index contributed by atoms with van der Waals surface area (Å²) in [5, 5.41) is 8.82. The van der Waals surface area contributed by atoms with Crippen LogP contribution < -0.4 is 11.5 Å². The number of nitrogens with two attached hydrogens (primary N) is 2. The molecule has 0 unspecified atom stereocenters. The lowest BCUT2D eigenvalue weighted by Gasteiger charge is -2.19. The smallest absolute Gasteiger partial charge is 0.323 e. The highest BCUT2D eigenvalue weighted by molar-refractivity contribution is 5.85. The van der Waals surface area contributed by atoms with Crippen LogP contribution in [0.25, 0.3) is 0 Å². The Morgan fingerprint density at radius 3 is 2.37 bits per heavy atom. The molecule has 0 saturated heterocycles. The minimum Gasteiger partial charge on any atom is -0.480 e. The third kappa shape index (κ3) is 10.7. The van der Waals surface area contributed by atoms with Crippen molar-refractivity contribution in [2.75, 3.05) is 13.2 Å². The van der Waals surface area contributed by atoms with Crippen LogP contribution in [0.15, 0.2) is 16.6 Å². The summed E-state index contributed by atoms with van der Waals surface area (Å²) in [5.74, 6) is -0.679. The first-order chi connectivity index (χ1) is 7.79. The zero-order valence-electron chi connectivity index (χ0n) is 11.1. The van der Waals surface area contributed by atoms with E-state index in [0.29, 0.717) is 24.4 Å². The number of carboxylic acids is 1. The Balaban J connectivity index is -0.00000128. The topological polar surface area (TPSA) is 102 Å². The molecule has 114 valence electrons. The summed E-state index contributed by atoms with van der Waals surface area (Å²) in [7, 11) is 0. The summed E-state index contributed by atoms with van der Waals surface area (Å²) in [6.45, 7) is 2.79. The van der Waals surface area contributed by atoms with Crippen molar-refractivity contribution in [2.45, 2.75) is 32.2 Å². The molecular formula is C11H22Cl2FN3O2. The van der Waals surface area contributed by atoms with E-state index >= 15 is 0 Å². The zero-order valence-corrected chi connectivity index (χ0v) is 12.7. The van der Waals surface area contributed by atoms with Crippen molar-refractivity contribution in [3.05, 3.63) is 11.6 Å². The number of alkyl halides is 1. The predicted octanol–water partition coefficient (Wildman–Crippen LogP) is 1.69.